The average molecular weight is 279 g/mol. The van der Waals surface area contributed by atoms with Gasteiger partial charge in [0.2, 0.25) is 5.28 Å². The van der Waals surface area contributed by atoms with Crippen LogP contribution in [0.25, 0.3) is 11.4 Å². The number of aromatic nitrogens is 3. The molecule has 0 spiro atoms. The van der Waals surface area contributed by atoms with Crippen LogP contribution in [0.15, 0.2) is 36.7 Å². The van der Waals surface area contributed by atoms with Crippen LogP contribution < -0.4 is 5.32 Å². The summed E-state index contributed by atoms with van der Waals surface area (Å²) in [6, 6.07) is 9.63. The number of rotatable bonds is 1. The van der Waals surface area contributed by atoms with Crippen LogP contribution in [0, 0.1) is 0 Å². The molecule has 0 atom stereocenters. The summed E-state index contributed by atoms with van der Waals surface area (Å²) in [7, 11) is 0. The van der Waals surface area contributed by atoms with Crippen molar-refractivity contribution in [2.24, 2.45) is 0 Å². The molecule has 2 aromatic rings. The van der Waals surface area contributed by atoms with E-state index in [9.17, 15) is 0 Å². The van der Waals surface area contributed by atoms with Crippen LogP contribution in [0.2, 0.25) is 5.28 Å². The van der Waals surface area contributed by atoms with Gasteiger partial charge in [0.1, 0.15) is 6.33 Å². The fourth-order valence-electron chi connectivity index (χ4n) is 1.52. The van der Waals surface area contributed by atoms with Gasteiger partial charge >= 0.3 is 0 Å². The largest absolute Gasteiger partial charge is 0.379 e. The predicted octanol–water partition coefficient (Wildman–Crippen LogP) is 1.80. The molecular formula is C13H15ClN4O. The van der Waals surface area contributed by atoms with E-state index >= 15 is 0 Å². The van der Waals surface area contributed by atoms with Gasteiger partial charge < -0.3 is 10.1 Å². The van der Waals surface area contributed by atoms with Crippen LogP contribution >= 0.6 is 11.6 Å². The zero-order valence-corrected chi connectivity index (χ0v) is 11.2. The summed E-state index contributed by atoms with van der Waals surface area (Å²) in [5.74, 6) is 0.598. The Labute approximate surface area is 117 Å². The number of nitrogens with zero attached hydrogens (tertiary/aromatic N) is 3. The first-order valence-electron chi connectivity index (χ1n) is 6.04. The molecule has 1 aromatic heterocycles. The van der Waals surface area contributed by atoms with Crippen molar-refractivity contribution >= 4 is 11.6 Å². The minimum absolute atomic E-state index is 0.217. The molecule has 1 aliphatic heterocycles. The van der Waals surface area contributed by atoms with E-state index in [1.54, 1.807) is 0 Å². The van der Waals surface area contributed by atoms with E-state index < -0.39 is 0 Å². The van der Waals surface area contributed by atoms with Crippen molar-refractivity contribution in [3.8, 4) is 11.4 Å². The highest BCUT2D eigenvalue weighted by molar-refractivity contribution is 6.28. The Balaban J connectivity index is 0.000000186. The molecule has 1 N–H and O–H groups in total. The molecule has 0 saturated carbocycles. The SMILES string of the molecule is C1COCCN1.Clc1ncnc(-c2ccccc2)n1. The maximum absolute atomic E-state index is 5.63. The first-order valence-corrected chi connectivity index (χ1v) is 6.42. The van der Waals surface area contributed by atoms with Crippen molar-refractivity contribution in [1.29, 1.82) is 0 Å². The Kier molecular flexibility index (Phi) is 5.68. The van der Waals surface area contributed by atoms with E-state index in [0.717, 1.165) is 31.9 Å². The Morgan fingerprint density at radius 1 is 1.05 bits per heavy atom. The molecular weight excluding hydrogens is 264 g/mol. The van der Waals surface area contributed by atoms with Gasteiger partial charge in [-0.2, -0.15) is 4.98 Å². The zero-order chi connectivity index (χ0) is 13.3. The molecule has 3 rings (SSSR count). The van der Waals surface area contributed by atoms with Crippen molar-refractivity contribution < 1.29 is 4.74 Å². The first-order chi connectivity index (χ1) is 9.36. The van der Waals surface area contributed by atoms with Gasteiger partial charge in [-0.15, -0.1) is 0 Å². The molecule has 19 heavy (non-hydrogen) atoms. The number of morpholine rings is 1. The highest BCUT2D eigenvalue weighted by Gasteiger charge is 2.00. The van der Waals surface area contributed by atoms with Crippen molar-refractivity contribution in [2.75, 3.05) is 26.3 Å². The third-order valence-electron chi connectivity index (χ3n) is 2.42. The normalized spacial score (nSPS) is 14.4. The lowest BCUT2D eigenvalue weighted by molar-refractivity contribution is 0.109. The van der Waals surface area contributed by atoms with Crippen LogP contribution in [0.4, 0.5) is 0 Å². The summed E-state index contributed by atoms with van der Waals surface area (Å²) in [5, 5.41) is 3.38. The second-order valence-corrected chi connectivity index (χ2v) is 4.14. The molecule has 0 bridgehead atoms. The van der Waals surface area contributed by atoms with Gasteiger partial charge in [-0.1, -0.05) is 30.3 Å². The monoisotopic (exact) mass is 278 g/mol. The first kappa shape index (κ1) is 13.9. The Morgan fingerprint density at radius 3 is 2.32 bits per heavy atom. The maximum atomic E-state index is 5.63. The molecule has 1 fully saturated rings. The minimum Gasteiger partial charge on any atom is -0.379 e. The number of nitrogens with one attached hydrogen (secondary N) is 1. The van der Waals surface area contributed by atoms with Gasteiger partial charge in [-0.05, 0) is 11.6 Å². The Bertz CT molecular complexity index is 480. The third-order valence-corrected chi connectivity index (χ3v) is 2.60. The van der Waals surface area contributed by atoms with Gasteiger partial charge in [0.15, 0.2) is 5.82 Å². The zero-order valence-electron chi connectivity index (χ0n) is 10.4. The van der Waals surface area contributed by atoms with E-state index in [4.69, 9.17) is 16.3 Å². The second kappa shape index (κ2) is 7.78. The molecule has 1 aromatic carbocycles. The van der Waals surface area contributed by atoms with E-state index in [1.807, 2.05) is 30.3 Å². The predicted molar refractivity (Wildman–Crippen MR) is 74.0 cm³/mol. The number of benzene rings is 1. The Hall–Kier alpha value is -1.56. The molecule has 0 radical (unpaired) electrons. The quantitative estimate of drug-likeness (QED) is 0.862. The lowest BCUT2D eigenvalue weighted by Gasteiger charge is -2.10. The van der Waals surface area contributed by atoms with Crippen molar-refractivity contribution in [3.05, 3.63) is 41.9 Å². The molecule has 100 valence electrons. The number of halogens is 1. The van der Waals surface area contributed by atoms with E-state index in [-0.39, 0.29) is 5.28 Å². The molecule has 5 nitrogen and oxygen atoms in total. The third kappa shape index (κ3) is 4.90. The topological polar surface area (TPSA) is 59.9 Å². The van der Waals surface area contributed by atoms with E-state index in [2.05, 4.69) is 20.3 Å². The summed E-state index contributed by atoms with van der Waals surface area (Å²) in [4.78, 5) is 11.7. The van der Waals surface area contributed by atoms with E-state index in [0.29, 0.717) is 5.82 Å². The maximum Gasteiger partial charge on any atom is 0.225 e. The molecule has 6 heteroatoms. The van der Waals surface area contributed by atoms with Crippen LogP contribution in [0.5, 0.6) is 0 Å². The summed E-state index contributed by atoms with van der Waals surface area (Å²) in [6.07, 6.45) is 1.40. The molecule has 1 aliphatic rings. The Morgan fingerprint density at radius 2 is 1.79 bits per heavy atom. The van der Waals surface area contributed by atoms with Crippen molar-refractivity contribution in [3.63, 3.8) is 0 Å². The van der Waals surface area contributed by atoms with Crippen LogP contribution in [0.3, 0.4) is 0 Å². The summed E-state index contributed by atoms with van der Waals surface area (Å²) in [6.45, 7) is 3.83. The van der Waals surface area contributed by atoms with Gasteiger partial charge in [0, 0.05) is 18.7 Å². The molecule has 0 unspecified atom stereocenters. The summed E-state index contributed by atoms with van der Waals surface area (Å²) < 4.78 is 5.01. The van der Waals surface area contributed by atoms with Gasteiger partial charge in [-0.3, -0.25) is 0 Å². The summed E-state index contributed by atoms with van der Waals surface area (Å²) in [5.41, 5.74) is 0.937. The lowest BCUT2D eigenvalue weighted by Crippen LogP contribution is -2.30. The van der Waals surface area contributed by atoms with Crippen LogP contribution in [-0.4, -0.2) is 41.3 Å². The molecule has 0 amide bonds. The standard InChI is InChI=1S/C9H6ClN3.C4H9NO/c10-9-12-6-11-8(13-9)7-4-2-1-3-5-7;1-3-6-4-2-5-1/h1-6H;5H,1-4H2. The lowest BCUT2D eigenvalue weighted by atomic mass is 10.2. The molecule has 1 saturated heterocycles. The second-order valence-electron chi connectivity index (χ2n) is 3.81. The average Bonchev–Trinajstić information content (AvgIpc) is 2.51. The van der Waals surface area contributed by atoms with Crippen LogP contribution in [0.1, 0.15) is 0 Å². The van der Waals surface area contributed by atoms with Gasteiger partial charge in [-0.25, -0.2) is 9.97 Å². The number of hydrogen-bond donors (Lipinski definition) is 1. The van der Waals surface area contributed by atoms with E-state index in [1.165, 1.54) is 6.33 Å². The van der Waals surface area contributed by atoms with Gasteiger partial charge in [0.25, 0.3) is 0 Å². The van der Waals surface area contributed by atoms with Crippen LogP contribution in [-0.2, 0) is 4.74 Å². The fourth-order valence-corrected chi connectivity index (χ4v) is 1.64. The summed E-state index contributed by atoms with van der Waals surface area (Å²) >= 11 is 5.63. The van der Waals surface area contributed by atoms with Gasteiger partial charge in [0.05, 0.1) is 13.2 Å². The van der Waals surface area contributed by atoms with Crippen molar-refractivity contribution in [1.82, 2.24) is 20.3 Å². The highest BCUT2D eigenvalue weighted by Crippen LogP contribution is 2.13. The fraction of sp³-hybridized carbons (Fsp3) is 0.308. The number of ether oxygens (including phenoxy) is 1. The smallest absolute Gasteiger partial charge is 0.225 e. The highest BCUT2D eigenvalue weighted by atomic mass is 35.5. The molecule has 0 aliphatic carbocycles. The van der Waals surface area contributed by atoms with Crippen molar-refractivity contribution in [2.45, 2.75) is 0 Å². The molecule has 2 heterocycles. The minimum atomic E-state index is 0.217. The number of hydrogen-bond acceptors (Lipinski definition) is 5.